The van der Waals surface area contributed by atoms with Crippen molar-refractivity contribution in [3.63, 3.8) is 0 Å². The van der Waals surface area contributed by atoms with Crippen molar-refractivity contribution in [3.8, 4) is 0 Å². The normalized spacial score (nSPS) is 18.6. The van der Waals surface area contributed by atoms with E-state index in [-0.39, 0.29) is 24.4 Å². The zero-order chi connectivity index (χ0) is 13.8. The summed E-state index contributed by atoms with van der Waals surface area (Å²) in [5, 5.41) is 0. The third-order valence-electron chi connectivity index (χ3n) is 3.76. The zero-order valence-electron chi connectivity index (χ0n) is 12.2. The van der Waals surface area contributed by atoms with Crippen LogP contribution in [0.5, 0.6) is 0 Å². The lowest BCUT2D eigenvalue weighted by Crippen LogP contribution is -2.38. The Morgan fingerprint density at radius 2 is 2.15 bits per heavy atom. The van der Waals surface area contributed by atoms with Gasteiger partial charge in [0.2, 0.25) is 5.91 Å². The van der Waals surface area contributed by atoms with Gasteiger partial charge in [-0.3, -0.25) is 9.69 Å². The lowest BCUT2D eigenvalue weighted by atomic mass is 10.1. The highest BCUT2D eigenvalue weighted by Crippen LogP contribution is 2.11. The molecule has 1 atom stereocenters. The summed E-state index contributed by atoms with van der Waals surface area (Å²) in [4.78, 5) is 16.1. The Balaban J connectivity index is 0.00000200. The summed E-state index contributed by atoms with van der Waals surface area (Å²) in [5.41, 5.74) is 8.29. The van der Waals surface area contributed by atoms with Crippen LogP contribution in [0, 0.1) is 6.92 Å². The van der Waals surface area contributed by atoms with E-state index in [1.54, 1.807) is 4.90 Å². The number of hydrogen-bond acceptors (Lipinski definition) is 3. The van der Waals surface area contributed by atoms with E-state index >= 15 is 0 Å². The SMILES string of the molecule is Cc1ccccc1CN(C)C(=O)CN1CC[C@@H](N)C1.Cl. The maximum atomic E-state index is 12.2. The summed E-state index contributed by atoms with van der Waals surface area (Å²) in [7, 11) is 1.87. The molecule has 1 aliphatic rings. The molecule has 1 heterocycles. The molecule has 2 N–H and O–H groups in total. The minimum atomic E-state index is 0. The van der Waals surface area contributed by atoms with Gasteiger partial charge in [-0.15, -0.1) is 12.4 Å². The molecule has 5 heteroatoms. The fourth-order valence-corrected chi connectivity index (χ4v) is 2.45. The molecule has 1 fully saturated rings. The first-order valence-electron chi connectivity index (χ1n) is 6.82. The molecular formula is C15H24ClN3O. The van der Waals surface area contributed by atoms with Crippen LogP contribution in [0.4, 0.5) is 0 Å². The summed E-state index contributed by atoms with van der Waals surface area (Å²) in [5.74, 6) is 0.164. The molecule has 1 aromatic rings. The van der Waals surface area contributed by atoms with Crippen LogP contribution in [0.2, 0.25) is 0 Å². The summed E-state index contributed by atoms with van der Waals surface area (Å²) in [6.45, 7) is 5.00. The second kappa shape index (κ2) is 7.62. The molecule has 1 amide bonds. The van der Waals surface area contributed by atoms with Gasteiger partial charge in [-0.1, -0.05) is 24.3 Å². The maximum absolute atomic E-state index is 12.2. The van der Waals surface area contributed by atoms with Crippen molar-refractivity contribution in [1.29, 1.82) is 0 Å². The molecular weight excluding hydrogens is 274 g/mol. The first kappa shape index (κ1) is 17.0. The van der Waals surface area contributed by atoms with E-state index in [0.29, 0.717) is 13.1 Å². The van der Waals surface area contributed by atoms with Gasteiger partial charge in [0.1, 0.15) is 0 Å². The Morgan fingerprint density at radius 1 is 1.45 bits per heavy atom. The third-order valence-corrected chi connectivity index (χ3v) is 3.76. The van der Waals surface area contributed by atoms with E-state index in [9.17, 15) is 4.79 Å². The van der Waals surface area contributed by atoms with Gasteiger partial charge >= 0.3 is 0 Å². The number of amides is 1. The molecule has 0 aromatic heterocycles. The Kier molecular flexibility index (Phi) is 6.46. The first-order valence-corrected chi connectivity index (χ1v) is 6.82. The number of rotatable bonds is 4. The van der Waals surface area contributed by atoms with Crippen LogP contribution in [0.15, 0.2) is 24.3 Å². The van der Waals surface area contributed by atoms with Crippen molar-refractivity contribution in [2.45, 2.75) is 25.9 Å². The number of halogens is 1. The van der Waals surface area contributed by atoms with E-state index in [0.717, 1.165) is 19.5 Å². The monoisotopic (exact) mass is 297 g/mol. The topological polar surface area (TPSA) is 49.6 Å². The van der Waals surface area contributed by atoms with Crippen molar-refractivity contribution in [2.24, 2.45) is 5.73 Å². The molecule has 0 radical (unpaired) electrons. The van der Waals surface area contributed by atoms with Gasteiger partial charge < -0.3 is 10.6 Å². The van der Waals surface area contributed by atoms with Gasteiger partial charge in [0.15, 0.2) is 0 Å². The van der Waals surface area contributed by atoms with Gasteiger partial charge in [0.05, 0.1) is 6.54 Å². The van der Waals surface area contributed by atoms with Gasteiger partial charge in [0.25, 0.3) is 0 Å². The Morgan fingerprint density at radius 3 is 2.75 bits per heavy atom. The second-order valence-corrected chi connectivity index (χ2v) is 5.46. The third kappa shape index (κ3) is 4.47. The van der Waals surface area contributed by atoms with Crippen molar-refractivity contribution in [3.05, 3.63) is 35.4 Å². The summed E-state index contributed by atoms with van der Waals surface area (Å²) in [6, 6.07) is 8.42. The van der Waals surface area contributed by atoms with Gasteiger partial charge in [-0.25, -0.2) is 0 Å². The smallest absolute Gasteiger partial charge is 0.236 e. The van der Waals surface area contributed by atoms with Crippen LogP contribution in [0.25, 0.3) is 0 Å². The molecule has 0 spiro atoms. The van der Waals surface area contributed by atoms with E-state index < -0.39 is 0 Å². The highest BCUT2D eigenvalue weighted by Gasteiger charge is 2.22. The average molecular weight is 298 g/mol. The number of carbonyl (C=O) groups excluding carboxylic acids is 1. The minimum absolute atomic E-state index is 0. The molecule has 4 nitrogen and oxygen atoms in total. The van der Waals surface area contributed by atoms with Crippen LogP contribution >= 0.6 is 12.4 Å². The first-order chi connectivity index (χ1) is 9.06. The zero-order valence-corrected chi connectivity index (χ0v) is 13.0. The van der Waals surface area contributed by atoms with Crippen molar-refractivity contribution < 1.29 is 4.79 Å². The Bertz CT molecular complexity index is 452. The molecule has 1 aromatic carbocycles. The quantitative estimate of drug-likeness (QED) is 0.914. The standard InChI is InChI=1S/C15H23N3O.ClH/c1-12-5-3-4-6-13(12)9-17(2)15(19)11-18-8-7-14(16)10-18;/h3-6,14H,7-11,16H2,1-2H3;1H/t14-;/m1./s1. The van der Waals surface area contributed by atoms with Crippen LogP contribution in [-0.4, -0.2) is 48.4 Å². The van der Waals surface area contributed by atoms with Crippen molar-refractivity contribution >= 4 is 18.3 Å². The number of nitrogens with two attached hydrogens (primary N) is 1. The number of nitrogens with zero attached hydrogens (tertiary/aromatic N) is 2. The van der Waals surface area contributed by atoms with Crippen LogP contribution in [0.1, 0.15) is 17.5 Å². The number of likely N-dealkylation sites (N-methyl/N-ethyl adjacent to an activating group) is 1. The van der Waals surface area contributed by atoms with Crippen molar-refractivity contribution in [1.82, 2.24) is 9.80 Å². The lowest BCUT2D eigenvalue weighted by Gasteiger charge is -2.22. The summed E-state index contributed by atoms with van der Waals surface area (Å²) in [6.07, 6.45) is 0.995. The summed E-state index contributed by atoms with van der Waals surface area (Å²) < 4.78 is 0. The molecule has 1 saturated heterocycles. The molecule has 0 bridgehead atoms. The second-order valence-electron chi connectivity index (χ2n) is 5.46. The predicted octanol–water partition coefficient (Wildman–Crippen LogP) is 1.41. The molecule has 112 valence electrons. The molecule has 0 aliphatic carbocycles. The number of hydrogen-bond donors (Lipinski definition) is 1. The summed E-state index contributed by atoms with van der Waals surface area (Å²) >= 11 is 0. The molecule has 2 rings (SSSR count). The highest BCUT2D eigenvalue weighted by molar-refractivity contribution is 5.85. The maximum Gasteiger partial charge on any atom is 0.236 e. The predicted molar refractivity (Wildman–Crippen MR) is 83.9 cm³/mol. The van der Waals surface area contributed by atoms with Crippen LogP contribution in [0.3, 0.4) is 0 Å². The Labute approximate surface area is 127 Å². The molecule has 20 heavy (non-hydrogen) atoms. The largest absolute Gasteiger partial charge is 0.340 e. The fourth-order valence-electron chi connectivity index (χ4n) is 2.45. The molecule has 1 aliphatic heterocycles. The fraction of sp³-hybridized carbons (Fsp3) is 0.533. The number of carbonyl (C=O) groups is 1. The molecule has 0 saturated carbocycles. The number of aryl methyl sites for hydroxylation is 1. The lowest BCUT2D eigenvalue weighted by molar-refractivity contribution is -0.131. The van der Waals surface area contributed by atoms with Crippen molar-refractivity contribution in [2.75, 3.05) is 26.7 Å². The van der Waals surface area contributed by atoms with Gasteiger partial charge in [-0.2, -0.15) is 0 Å². The number of benzene rings is 1. The minimum Gasteiger partial charge on any atom is -0.340 e. The van der Waals surface area contributed by atoms with Crippen LogP contribution in [-0.2, 0) is 11.3 Å². The molecule has 0 unspecified atom stereocenters. The number of likely N-dealkylation sites (tertiary alicyclic amines) is 1. The van der Waals surface area contributed by atoms with E-state index in [4.69, 9.17) is 5.73 Å². The van der Waals surface area contributed by atoms with Gasteiger partial charge in [-0.05, 0) is 24.5 Å². The highest BCUT2D eigenvalue weighted by atomic mass is 35.5. The average Bonchev–Trinajstić information content (AvgIpc) is 2.77. The van der Waals surface area contributed by atoms with Crippen LogP contribution < -0.4 is 5.73 Å². The van der Waals surface area contributed by atoms with E-state index in [1.165, 1.54) is 11.1 Å². The van der Waals surface area contributed by atoms with E-state index in [2.05, 4.69) is 24.0 Å². The Hall–Kier alpha value is -1.10. The van der Waals surface area contributed by atoms with Gasteiger partial charge in [0, 0.05) is 32.7 Å². The van der Waals surface area contributed by atoms with E-state index in [1.807, 2.05) is 19.2 Å².